The van der Waals surface area contributed by atoms with Gasteiger partial charge in [0.15, 0.2) is 0 Å². The second kappa shape index (κ2) is 10.4. The maximum absolute atomic E-state index is 11.8. The number of ether oxygens (including phenoxy) is 1. The van der Waals surface area contributed by atoms with Crippen LogP contribution in [0.25, 0.3) is 21.5 Å². The molecular formula is C36H24O5S. The zero-order chi connectivity index (χ0) is 28.8. The summed E-state index contributed by atoms with van der Waals surface area (Å²) in [5.74, 6) is -0.460. The van der Waals surface area contributed by atoms with Crippen LogP contribution in [0.5, 0.6) is 11.5 Å². The number of carbonyl (C=O) groups is 2. The second-order valence-electron chi connectivity index (χ2n) is 10.3. The number of fused-ring (bicyclic) bond motifs is 8. The smallest absolute Gasteiger partial charge is 0.337 e. The maximum Gasteiger partial charge on any atom is 0.337 e. The molecule has 42 heavy (non-hydrogen) atoms. The lowest BCUT2D eigenvalue weighted by atomic mass is 9.91. The van der Waals surface area contributed by atoms with Crippen molar-refractivity contribution < 1.29 is 24.5 Å². The molecule has 0 bridgehead atoms. The first kappa shape index (κ1) is 25.9. The van der Waals surface area contributed by atoms with Crippen LogP contribution in [0.1, 0.15) is 43.0 Å². The first-order valence-electron chi connectivity index (χ1n) is 13.6. The highest BCUT2D eigenvalue weighted by atomic mass is 32.2. The van der Waals surface area contributed by atoms with Gasteiger partial charge in [0.05, 0.1) is 11.1 Å². The van der Waals surface area contributed by atoms with Crippen molar-refractivity contribution in [2.45, 2.75) is 22.6 Å². The van der Waals surface area contributed by atoms with E-state index in [0.717, 1.165) is 44.2 Å². The van der Waals surface area contributed by atoms with Crippen LogP contribution in [0.2, 0.25) is 0 Å². The van der Waals surface area contributed by atoms with E-state index in [4.69, 9.17) is 4.74 Å². The van der Waals surface area contributed by atoms with Crippen LogP contribution >= 0.6 is 11.8 Å². The van der Waals surface area contributed by atoms with Gasteiger partial charge < -0.3 is 14.9 Å². The summed E-state index contributed by atoms with van der Waals surface area (Å²) in [6, 6.07) is 35.8. The van der Waals surface area contributed by atoms with Crippen molar-refractivity contribution in [3.8, 4) is 11.5 Å². The Morgan fingerprint density at radius 3 is 2.12 bits per heavy atom. The van der Waals surface area contributed by atoms with Crippen molar-refractivity contribution in [2.24, 2.45) is 0 Å². The van der Waals surface area contributed by atoms with Gasteiger partial charge in [-0.2, -0.15) is 0 Å². The van der Waals surface area contributed by atoms with Crippen LogP contribution in [0.3, 0.4) is 0 Å². The van der Waals surface area contributed by atoms with Crippen molar-refractivity contribution in [1.29, 1.82) is 0 Å². The molecule has 0 fully saturated rings. The number of para-hydroxylation sites is 1. The number of carboxylic acids is 2. The maximum atomic E-state index is 11.8. The summed E-state index contributed by atoms with van der Waals surface area (Å²) in [5, 5.41) is 22.9. The van der Waals surface area contributed by atoms with Crippen LogP contribution in [0, 0.1) is 0 Å². The van der Waals surface area contributed by atoms with Crippen LogP contribution < -0.4 is 4.74 Å². The van der Waals surface area contributed by atoms with Crippen LogP contribution in [-0.2, 0) is 12.8 Å². The molecule has 2 aliphatic rings. The predicted octanol–water partition coefficient (Wildman–Crippen LogP) is 8.83. The molecule has 6 heteroatoms. The molecule has 204 valence electrons. The second-order valence-corrected chi connectivity index (χ2v) is 11.4. The van der Waals surface area contributed by atoms with Crippen molar-refractivity contribution >= 4 is 45.2 Å². The predicted molar refractivity (Wildman–Crippen MR) is 165 cm³/mol. The third-order valence-corrected chi connectivity index (χ3v) is 9.03. The molecule has 0 amide bonds. The number of benzene rings is 6. The SMILES string of the molecule is O=C(O)c1ccc2ccc3c(c2c1C(=O)O)Cc1ccccc1S3.c1ccc2c(c1)Cc1c(ccc3ccccc13)O2. The van der Waals surface area contributed by atoms with Gasteiger partial charge in [-0.25, -0.2) is 9.59 Å². The molecule has 2 aliphatic heterocycles. The summed E-state index contributed by atoms with van der Waals surface area (Å²) in [5.41, 5.74) is 4.27. The minimum atomic E-state index is -1.23. The van der Waals surface area contributed by atoms with E-state index in [2.05, 4.69) is 48.5 Å². The van der Waals surface area contributed by atoms with Crippen molar-refractivity contribution in [3.05, 3.63) is 143 Å². The molecular weight excluding hydrogens is 544 g/mol. The fraction of sp³-hybridized carbons (Fsp3) is 0.0556. The Morgan fingerprint density at radius 1 is 0.595 bits per heavy atom. The molecule has 0 saturated carbocycles. The fourth-order valence-electron chi connectivity index (χ4n) is 5.85. The third-order valence-electron chi connectivity index (χ3n) is 7.81. The number of hydrogen-bond donors (Lipinski definition) is 2. The average molecular weight is 569 g/mol. The number of hydrogen-bond acceptors (Lipinski definition) is 4. The summed E-state index contributed by atoms with van der Waals surface area (Å²) >= 11 is 1.59. The largest absolute Gasteiger partial charge is 0.478 e. The quantitative estimate of drug-likeness (QED) is 0.217. The Hall–Kier alpha value is -5.07. The molecule has 0 unspecified atom stereocenters. The van der Waals surface area contributed by atoms with Gasteiger partial charge in [0.2, 0.25) is 0 Å². The monoisotopic (exact) mass is 568 g/mol. The summed E-state index contributed by atoms with van der Waals surface area (Å²) in [6.07, 6.45) is 1.55. The van der Waals surface area contributed by atoms with Crippen LogP contribution in [0.4, 0.5) is 0 Å². The van der Waals surface area contributed by atoms with Gasteiger partial charge in [0.1, 0.15) is 11.5 Å². The van der Waals surface area contributed by atoms with Gasteiger partial charge in [0.25, 0.3) is 0 Å². The van der Waals surface area contributed by atoms with Crippen molar-refractivity contribution in [3.63, 3.8) is 0 Å². The minimum Gasteiger partial charge on any atom is -0.478 e. The molecule has 0 radical (unpaired) electrons. The molecule has 0 aliphatic carbocycles. The van der Waals surface area contributed by atoms with Gasteiger partial charge in [-0.05, 0) is 63.2 Å². The van der Waals surface area contributed by atoms with E-state index in [0.29, 0.717) is 11.8 Å². The van der Waals surface area contributed by atoms with Crippen LogP contribution in [0.15, 0.2) is 119 Å². The molecule has 6 aromatic carbocycles. The summed E-state index contributed by atoms with van der Waals surface area (Å²) in [7, 11) is 0. The molecule has 8 rings (SSSR count). The Morgan fingerprint density at radius 2 is 1.29 bits per heavy atom. The molecule has 6 aromatic rings. The van der Waals surface area contributed by atoms with E-state index in [-0.39, 0.29) is 11.1 Å². The Kier molecular flexibility index (Phi) is 6.40. The Bertz CT molecular complexity index is 2060. The zero-order valence-corrected chi connectivity index (χ0v) is 23.2. The summed E-state index contributed by atoms with van der Waals surface area (Å²) in [6.45, 7) is 0. The topological polar surface area (TPSA) is 83.8 Å². The van der Waals surface area contributed by atoms with Gasteiger partial charge in [-0.15, -0.1) is 0 Å². The summed E-state index contributed by atoms with van der Waals surface area (Å²) < 4.78 is 5.99. The Balaban J connectivity index is 0.000000142. The minimum absolute atomic E-state index is 0.128. The van der Waals surface area contributed by atoms with E-state index in [9.17, 15) is 19.8 Å². The van der Waals surface area contributed by atoms with Crippen molar-refractivity contribution in [2.75, 3.05) is 0 Å². The van der Waals surface area contributed by atoms with Gasteiger partial charge in [0, 0.05) is 33.6 Å². The van der Waals surface area contributed by atoms with E-state index < -0.39 is 11.9 Å². The fourth-order valence-corrected chi connectivity index (χ4v) is 6.94. The van der Waals surface area contributed by atoms with Crippen LogP contribution in [-0.4, -0.2) is 22.2 Å². The lowest BCUT2D eigenvalue weighted by Gasteiger charge is -2.22. The van der Waals surface area contributed by atoms with Gasteiger partial charge in [-0.3, -0.25) is 0 Å². The standard InChI is InChI=1S/C19H12O4S.C17H12O/c20-18(21)12-7-5-10-6-8-15-13(16(10)17(12)19(22)23)9-11-3-1-2-4-14(11)24-15;1-3-7-14-12(5-1)9-10-17-15(14)11-13-6-2-4-8-16(13)18-17/h1-8H,9H2,(H,20,21)(H,22,23);1-10H,11H2. The van der Waals surface area contributed by atoms with Crippen molar-refractivity contribution in [1.82, 2.24) is 0 Å². The van der Waals surface area contributed by atoms with Gasteiger partial charge in [-0.1, -0.05) is 90.6 Å². The third kappa shape index (κ3) is 4.46. The van der Waals surface area contributed by atoms with E-state index in [1.165, 1.54) is 28.0 Å². The highest BCUT2D eigenvalue weighted by Crippen LogP contribution is 2.43. The molecule has 0 spiro atoms. The molecule has 5 nitrogen and oxygen atoms in total. The number of aromatic carboxylic acids is 2. The zero-order valence-electron chi connectivity index (χ0n) is 22.3. The molecule has 2 N–H and O–H groups in total. The first-order valence-corrected chi connectivity index (χ1v) is 14.4. The molecule has 0 saturated heterocycles. The average Bonchev–Trinajstić information content (AvgIpc) is 3.02. The van der Waals surface area contributed by atoms with Gasteiger partial charge >= 0.3 is 11.9 Å². The molecule has 2 heterocycles. The summed E-state index contributed by atoms with van der Waals surface area (Å²) in [4.78, 5) is 25.4. The lowest BCUT2D eigenvalue weighted by Crippen LogP contribution is -2.11. The molecule has 0 aromatic heterocycles. The number of rotatable bonds is 2. The first-order chi connectivity index (χ1) is 20.5. The highest BCUT2D eigenvalue weighted by Gasteiger charge is 2.25. The highest BCUT2D eigenvalue weighted by molar-refractivity contribution is 7.99. The van der Waals surface area contributed by atoms with E-state index in [1.54, 1.807) is 17.8 Å². The number of carboxylic acid groups (broad SMARTS) is 2. The normalized spacial score (nSPS) is 12.6. The Labute approximate surface area is 246 Å². The lowest BCUT2D eigenvalue weighted by molar-refractivity contribution is 0.0653. The molecule has 0 atom stereocenters. The van der Waals surface area contributed by atoms with E-state index in [1.807, 2.05) is 48.5 Å². The van der Waals surface area contributed by atoms with E-state index >= 15 is 0 Å².